The Balaban J connectivity index is 1.80. The van der Waals surface area contributed by atoms with Crippen LogP contribution in [-0.2, 0) is 11.2 Å². The number of fused-ring (bicyclic) bond motifs is 1. The van der Waals surface area contributed by atoms with E-state index in [0.717, 1.165) is 24.2 Å². The van der Waals surface area contributed by atoms with Crippen molar-refractivity contribution in [3.05, 3.63) is 98.1 Å². The van der Waals surface area contributed by atoms with E-state index in [1.165, 1.54) is 11.1 Å². The highest BCUT2D eigenvalue weighted by molar-refractivity contribution is 5.96. The second kappa shape index (κ2) is 10.00. The lowest BCUT2D eigenvalue weighted by Crippen LogP contribution is -2.37. The van der Waals surface area contributed by atoms with Crippen molar-refractivity contribution in [2.75, 3.05) is 19.4 Å². The number of nitrogens with one attached hydrogen (secondary N) is 3. The molecule has 0 fully saturated rings. The van der Waals surface area contributed by atoms with Gasteiger partial charge < -0.3 is 20.8 Å². The van der Waals surface area contributed by atoms with E-state index in [1.54, 1.807) is 7.11 Å². The van der Waals surface area contributed by atoms with Crippen LogP contribution in [0.4, 0.5) is 5.69 Å². The zero-order valence-electron chi connectivity index (χ0n) is 18.2. The molecule has 1 amide bonds. The number of nitrogen functional groups attached to an aromatic ring is 1. The van der Waals surface area contributed by atoms with Gasteiger partial charge in [-0.25, -0.2) is 4.79 Å². The van der Waals surface area contributed by atoms with Gasteiger partial charge in [0.15, 0.2) is 0 Å². The number of methoxy groups -OCH3 is 1. The lowest BCUT2D eigenvalue weighted by Gasteiger charge is -2.32. The molecule has 0 bridgehead atoms. The number of nitrogens with two attached hydrogens (primary N) is 1. The summed E-state index contributed by atoms with van der Waals surface area (Å²) in [5.74, 6) is 0.335. The molecule has 0 aliphatic heterocycles. The van der Waals surface area contributed by atoms with Crippen LogP contribution < -0.4 is 22.3 Å². The molecule has 0 saturated carbocycles. The van der Waals surface area contributed by atoms with Crippen LogP contribution in [0.1, 0.15) is 40.9 Å². The van der Waals surface area contributed by atoms with Crippen LogP contribution in [0.2, 0.25) is 0 Å². The number of H-pyrrole nitrogens is 2. The van der Waals surface area contributed by atoms with E-state index in [0.29, 0.717) is 6.54 Å². The second-order valence-corrected chi connectivity index (χ2v) is 7.79. The monoisotopic (exact) mass is 436 g/mol. The molecule has 1 aliphatic carbocycles. The Morgan fingerprint density at radius 3 is 2.78 bits per heavy atom. The molecule has 2 aromatic rings. The molecule has 8 heteroatoms. The molecule has 5 N–H and O–H groups in total. The molecule has 3 rings (SSSR count). The molecule has 1 aliphatic rings. The number of hydrogen-bond acceptors (Lipinski definition) is 5. The van der Waals surface area contributed by atoms with Crippen LogP contribution in [0.15, 0.2) is 70.0 Å². The maximum Gasteiger partial charge on any atom is 0.326 e. The normalized spacial score (nSPS) is 18.2. The molecular formula is C24H28N4O4. The van der Waals surface area contributed by atoms with Crippen molar-refractivity contribution in [2.45, 2.75) is 25.7 Å². The van der Waals surface area contributed by atoms with Crippen molar-refractivity contribution in [2.24, 2.45) is 5.92 Å². The zero-order valence-corrected chi connectivity index (χ0v) is 18.2. The van der Waals surface area contributed by atoms with E-state index in [9.17, 15) is 14.4 Å². The lowest BCUT2D eigenvalue weighted by atomic mass is 9.74. The predicted molar refractivity (Wildman–Crippen MR) is 124 cm³/mol. The number of amides is 1. The average Bonchev–Trinajstić information content (AvgIpc) is 2.78. The van der Waals surface area contributed by atoms with Gasteiger partial charge in [-0.3, -0.25) is 14.6 Å². The van der Waals surface area contributed by atoms with Gasteiger partial charge in [0.25, 0.3) is 11.5 Å². The summed E-state index contributed by atoms with van der Waals surface area (Å²) in [6, 6.07) is 8.21. The van der Waals surface area contributed by atoms with Gasteiger partial charge in [-0.2, -0.15) is 0 Å². The topological polar surface area (TPSA) is 130 Å². The Morgan fingerprint density at radius 1 is 1.31 bits per heavy atom. The van der Waals surface area contributed by atoms with Gasteiger partial charge in [-0.1, -0.05) is 36.9 Å². The van der Waals surface area contributed by atoms with E-state index in [1.807, 2.05) is 42.3 Å². The molecule has 0 unspecified atom stereocenters. The van der Waals surface area contributed by atoms with Crippen LogP contribution in [-0.4, -0.2) is 29.5 Å². The Morgan fingerprint density at radius 2 is 2.06 bits per heavy atom. The first kappa shape index (κ1) is 22.9. The summed E-state index contributed by atoms with van der Waals surface area (Å²) in [5, 5.41) is 2.80. The van der Waals surface area contributed by atoms with Gasteiger partial charge >= 0.3 is 5.69 Å². The summed E-state index contributed by atoms with van der Waals surface area (Å²) < 4.78 is 5.41. The van der Waals surface area contributed by atoms with Gasteiger partial charge in [0.1, 0.15) is 17.1 Å². The Labute approximate surface area is 185 Å². The van der Waals surface area contributed by atoms with Crippen molar-refractivity contribution in [1.82, 2.24) is 15.3 Å². The summed E-state index contributed by atoms with van der Waals surface area (Å²) in [7, 11) is 1.62. The molecule has 2 atom stereocenters. The maximum absolute atomic E-state index is 12.6. The summed E-state index contributed by atoms with van der Waals surface area (Å²) in [6.45, 7) is 6.57. The smallest absolute Gasteiger partial charge is 0.326 e. The van der Waals surface area contributed by atoms with Gasteiger partial charge in [-0.05, 0) is 54.5 Å². The first-order valence-electron chi connectivity index (χ1n) is 10.4. The van der Waals surface area contributed by atoms with E-state index in [2.05, 4.69) is 29.0 Å². The summed E-state index contributed by atoms with van der Waals surface area (Å²) in [4.78, 5) is 40.0. The molecule has 0 spiro atoms. The minimum Gasteiger partial charge on any atom is -0.497 e. The summed E-state index contributed by atoms with van der Waals surface area (Å²) in [5.41, 5.74) is 6.89. The number of benzene rings is 1. The van der Waals surface area contributed by atoms with Crippen LogP contribution in [0.25, 0.3) is 0 Å². The molecule has 168 valence electrons. The fraction of sp³-hybridized carbons (Fsp3) is 0.292. The standard InChI is InChI=1S/C24H28N4O4/c1-4-7-17(32-3)10-14(2)19-12-15(11-16-8-5-6-9-18(16)19)13-26-23(30)21-20(25)22(29)28-24(31)27-21/h4-10,15,19H,2,11-13,25H2,1,3H3,(H,26,30)(H2,27,28,29,31)/b7-4-,17-10+/t15-,19+/m1/s1. The second-order valence-electron chi connectivity index (χ2n) is 7.79. The Kier molecular flexibility index (Phi) is 7.14. The van der Waals surface area contributed by atoms with Crippen LogP contribution in [0, 0.1) is 5.92 Å². The number of rotatable bonds is 7. The first-order chi connectivity index (χ1) is 15.3. The van der Waals surface area contributed by atoms with Gasteiger partial charge in [0.2, 0.25) is 0 Å². The van der Waals surface area contributed by atoms with E-state index in [4.69, 9.17) is 10.5 Å². The van der Waals surface area contributed by atoms with Crippen molar-refractivity contribution in [3.63, 3.8) is 0 Å². The van der Waals surface area contributed by atoms with Crippen molar-refractivity contribution >= 4 is 11.6 Å². The number of anilines is 1. The lowest BCUT2D eigenvalue weighted by molar-refractivity contribution is 0.0940. The molecule has 0 radical (unpaired) electrons. The molecule has 32 heavy (non-hydrogen) atoms. The number of ether oxygens (including phenoxy) is 1. The molecule has 8 nitrogen and oxygen atoms in total. The minimum atomic E-state index is -0.788. The van der Waals surface area contributed by atoms with Gasteiger partial charge in [-0.15, -0.1) is 0 Å². The number of aromatic amines is 2. The molecule has 1 aromatic heterocycles. The molecule has 1 heterocycles. The third kappa shape index (κ3) is 5.08. The highest BCUT2D eigenvalue weighted by atomic mass is 16.5. The fourth-order valence-electron chi connectivity index (χ4n) is 4.04. The van der Waals surface area contributed by atoms with Crippen LogP contribution in [0.3, 0.4) is 0 Å². The van der Waals surface area contributed by atoms with Crippen LogP contribution in [0.5, 0.6) is 0 Å². The minimum absolute atomic E-state index is 0.0710. The van der Waals surface area contributed by atoms with Crippen molar-refractivity contribution in [1.29, 1.82) is 0 Å². The molecular weight excluding hydrogens is 408 g/mol. The number of allylic oxidation sites excluding steroid dienone is 4. The quantitative estimate of drug-likeness (QED) is 0.391. The largest absolute Gasteiger partial charge is 0.497 e. The SMILES string of the molecule is C=C(/C=C(\C=C/C)OC)[C@@H]1C[C@H](CNC(=O)c2[nH]c(=O)[nH]c(=O)c2N)Cc2ccccc21. The highest BCUT2D eigenvalue weighted by Gasteiger charge is 2.28. The number of hydrogen-bond donors (Lipinski definition) is 4. The Hall–Kier alpha value is -3.81. The highest BCUT2D eigenvalue weighted by Crippen LogP contribution is 2.39. The molecule has 1 aromatic carbocycles. The van der Waals surface area contributed by atoms with E-state index < -0.39 is 17.2 Å². The molecule has 0 saturated heterocycles. The number of carbonyl (C=O) groups is 1. The third-order valence-electron chi connectivity index (χ3n) is 5.61. The fourth-order valence-corrected chi connectivity index (χ4v) is 4.04. The first-order valence-corrected chi connectivity index (χ1v) is 10.4. The number of carbonyl (C=O) groups excluding carboxylic acids is 1. The van der Waals surface area contributed by atoms with Crippen molar-refractivity contribution < 1.29 is 9.53 Å². The summed E-state index contributed by atoms with van der Waals surface area (Å²) >= 11 is 0. The van der Waals surface area contributed by atoms with Crippen LogP contribution >= 0.6 is 0 Å². The predicted octanol–water partition coefficient (Wildman–Crippen LogP) is 2.38. The summed E-state index contributed by atoms with van der Waals surface area (Å²) in [6.07, 6.45) is 7.28. The van der Waals surface area contributed by atoms with Gasteiger partial charge in [0.05, 0.1) is 7.11 Å². The number of aromatic nitrogens is 2. The van der Waals surface area contributed by atoms with Crippen molar-refractivity contribution in [3.8, 4) is 0 Å². The van der Waals surface area contributed by atoms with E-state index >= 15 is 0 Å². The zero-order chi connectivity index (χ0) is 23.3. The Bertz CT molecular complexity index is 1190. The third-order valence-corrected chi connectivity index (χ3v) is 5.61. The average molecular weight is 437 g/mol. The van der Waals surface area contributed by atoms with Gasteiger partial charge in [0, 0.05) is 12.5 Å². The van der Waals surface area contributed by atoms with E-state index in [-0.39, 0.29) is 23.2 Å². The maximum atomic E-state index is 12.6.